The maximum Gasteiger partial charge on any atom is 0.251 e. The van der Waals surface area contributed by atoms with Gasteiger partial charge in [0, 0.05) is 11.3 Å². The lowest BCUT2D eigenvalue weighted by Crippen LogP contribution is -2.32. The average Bonchev–Trinajstić information content (AvgIpc) is 3.04. The van der Waals surface area contributed by atoms with E-state index in [9.17, 15) is 9.59 Å². The zero-order valence-corrected chi connectivity index (χ0v) is 15.1. The van der Waals surface area contributed by atoms with Crippen LogP contribution in [0.1, 0.15) is 27.0 Å². The molecule has 0 fully saturated rings. The van der Waals surface area contributed by atoms with Crippen molar-refractivity contribution in [3.63, 3.8) is 0 Å². The van der Waals surface area contributed by atoms with Crippen LogP contribution in [0.15, 0.2) is 66.7 Å². The Kier molecular flexibility index (Phi) is 4.47. The third kappa shape index (κ3) is 3.60. The number of fused-ring (bicyclic) bond motifs is 3. The first kappa shape index (κ1) is 17.0. The van der Waals surface area contributed by atoms with Gasteiger partial charge in [0.2, 0.25) is 5.91 Å². The predicted octanol–water partition coefficient (Wildman–Crippen LogP) is 3.93. The molecule has 4 nitrogen and oxygen atoms in total. The summed E-state index contributed by atoms with van der Waals surface area (Å²) in [5, 5.41) is 5.52. The molecule has 134 valence electrons. The Bertz CT molecular complexity index is 1040. The summed E-state index contributed by atoms with van der Waals surface area (Å²) in [6, 6.07) is 21.6. The number of hydrogen-bond acceptors (Lipinski definition) is 2. The van der Waals surface area contributed by atoms with Gasteiger partial charge < -0.3 is 10.6 Å². The lowest BCUT2D eigenvalue weighted by atomic mass is 10.1. The monoisotopic (exact) mass is 356 g/mol. The Morgan fingerprint density at radius 3 is 2.56 bits per heavy atom. The van der Waals surface area contributed by atoms with Gasteiger partial charge in [-0.1, -0.05) is 48.0 Å². The van der Waals surface area contributed by atoms with Gasteiger partial charge in [0.25, 0.3) is 5.91 Å². The third-order valence-corrected chi connectivity index (χ3v) is 4.77. The lowest BCUT2D eigenvalue weighted by molar-refractivity contribution is -0.115. The highest BCUT2D eigenvalue weighted by atomic mass is 16.2. The van der Waals surface area contributed by atoms with E-state index < -0.39 is 0 Å². The van der Waals surface area contributed by atoms with Gasteiger partial charge in [-0.25, -0.2) is 0 Å². The first-order valence-corrected chi connectivity index (χ1v) is 8.96. The number of amides is 2. The number of carbonyl (C=O) groups excluding carboxylic acids is 2. The second kappa shape index (κ2) is 7.08. The summed E-state index contributed by atoms with van der Waals surface area (Å²) in [4.78, 5) is 24.3. The number of anilines is 1. The minimum absolute atomic E-state index is 0.0654. The summed E-state index contributed by atoms with van der Waals surface area (Å²) >= 11 is 0. The molecule has 0 spiro atoms. The SMILES string of the molecule is Cc1cccc(C(=O)NCC(=O)Nc2ccc3c(c2)Cc2ccccc2-3)c1. The molecule has 3 aromatic carbocycles. The van der Waals surface area contributed by atoms with Gasteiger partial charge in [-0.05, 0) is 59.9 Å². The van der Waals surface area contributed by atoms with Crippen LogP contribution in [0.25, 0.3) is 11.1 Å². The van der Waals surface area contributed by atoms with Crippen LogP contribution < -0.4 is 10.6 Å². The number of rotatable bonds is 4. The van der Waals surface area contributed by atoms with E-state index in [4.69, 9.17) is 0 Å². The summed E-state index contributed by atoms with van der Waals surface area (Å²) < 4.78 is 0. The highest BCUT2D eigenvalue weighted by Gasteiger charge is 2.18. The average molecular weight is 356 g/mol. The van der Waals surface area contributed by atoms with Crippen LogP contribution in [0.2, 0.25) is 0 Å². The van der Waals surface area contributed by atoms with E-state index in [2.05, 4.69) is 22.8 Å². The van der Waals surface area contributed by atoms with Gasteiger partial charge in [-0.15, -0.1) is 0 Å². The van der Waals surface area contributed by atoms with Crippen LogP contribution in [0.5, 0.6) is 0 Å². The van der Waals surface area contributed by atoms with Crippen LogP contribution >= 0.6 is 0 Å². The Hall–Kier alpha value is -3.40. The number of nitrogens with one attached hydrogen (secondary N) is 2. The van der Waals surface area contributed by atoms with Crippen molar-refractivity contribution in [2.45, 2.75) is 13.3 Å². The highest BCUT2D eigenvalue weighted by Crippen LogP contribution is 2.37. The fourth-order valence-electron chi connectivity index (χ4n) is 3.48. The van der Waals surface area contributed by atoms with Crippen molar-refractivity contribution < 1.29 is 9.59 Å². The van der Waals surface area contributed by atoms with Crippen molar-refractivity contribution in [1.82, 2.24) is 5.32 Å². The fraction of sp³-hybridized carbons (Fsp3) is 0.130. The molecular weight excluding hydrogens is 336 g/mol. The second-order valence-corrected chi connectivity index (χ2v) is 6.81. The normalized spacial score (nSPS) is 11.4. The third-order valence-electron chi connectivity index (χ3n) is 4.77. The van der Waals surface area contributed by atoms with Gasteiger partial charge in [0.15, 0.2) is 0 Å². The van der Waals surface area contributed by atoms with Crippen LogP contribution in [0, 0.1) is 6.92 Å². The van der Waals surface area contributed by atoms with E-state index in [1.807, 2.05) is 49.4 Å². The van der Waals surface area contributed by atoms with Crippen molar-refractivity contribution in [3.8, 4) is 11.1 Å². The quantitative estimate of drug-likeness (QED) is 0.582. The molecule has 4 heteroatoms. The second-order valence-electron chi connectivity index (χ2n) is 6.81. The lowest BCUT2D eigenvalue weighted by Gasteiger charge is -2.09. The molecule has 0 unspecified atom stereocenters. The molecule has 3 aromatic rings. The Labute approximate surface area is 158 Å². The molecule has 0 bridgehead atoms. The number of carbonyl (C=O) groups is 2. The van der Waals surface area contributed by atoms with E-state index in [1.165, 1.54) is 22.3 Å². The molecule has 4 rings (SSSR count). The van der Waals surface area contributed by atoms with Crippen LogP contribution in [0.4, 0.5) is 5.69 Å². The fourth-order valence-corrected chi connectivity index (χ4v) is 3.48. The van der Waals surface area contributed by atoms with Crippen molar-refractivity contribution in [2.24, 2.45) is 0 Å². The van der Waals surface area contributed by atoms with Crippen molar-refractivity contribution in [2.75, 3.05) is 11.9 Å². The van der Waals surface area contributed by atoms with Crippen LogP contribution in [-0.2, 0) is 11.2 Å². The Morgan fingerprint density at radius 2 is 1.70 bits per heavy atom. The molecule has 1 aliphatic rings. The smallest absolute Gasteiger partial charge is 0.251 e. The first-order chi connectivity index (χ1) is 13.1. The topological polar surface area (TPSA) is 58.2 Å². The molecule has 0 saturated heterocycles. The number of hydrogen-bond donors (Lipinski definition) is 2. The maximum atomic E-state index is 12.2. The van der Waals surface area contributed by atoms with E-state index >= 15 is 0 Å². The summed E-state index contributed by atoms with van der Waals surface area (Å²) in [5.41, 5.74) is 7.30. The van der Waals surface area contributed by atoms with Gasteiger partial charge in [-0.2, -0.15) is 0 Å². The van der Waals surface area contributed by atoms with E-state index in [0.717, 1.165) is 17.7 Å². The summed E-state index contributed by atoms with van der Waals surface area (Å²) in [6.45, 7) is 1.86. The van der Waals surface area contributed by atoms with E-state index in [0.29, 0.717) is 5.56 Å². The van der Waals surface area contributed by atoms with Crippen LogP contribution in [-0.4, -0.2) is 18.4 Å². The van der Waals surface area contributed by atoms with E-state index in [-0.39, 0.29) is 18.4 Å². The zero-order chi connectivity index (χ0) is 18.8. The van der Waals surface area contributed by atoms with Gasteiger partial charge in [-0.3, -0.25) is 9.59 Å². The first-order valence-electron chi connectivity index (χ1n) is 8.96. The Morgan fingerprint density at radius 1 is 0.889 bits per heavy atom. The zero-order valence-electron chi connectivity index (χ0n) is 15.1. The molecule has 0 aliphatic heterocycles. The van der Waals surface area contributed by atoms with E-state index in [1.54, 1.807) is 12.1 Å². The van der Waals surface area contributed by atoms with Gasteiger partial charge in [0.1, 0.15) is 0 Å². The van der Waals surface area contributed by atoms with Gasteiger partial charge >= 0.3 is 0 Å². The van der Waals surface area contributed by atoms with Crippen LogP contribution in [0.3, 0.4) is 0 Å². The summed E-state index contributed by atoms with van der Waals surface area (Å²) in [5.74, 6) is -0.496. The molecule has 0 saturated carbocycles. The summed E-state index contributed by atoms with van der Waals surface area (Å²) in [6.07, 6.45) is 0.874. The minimum Gasteiger partial charge on any atom is -0.343 e. The predicted molar refractivity (Wildman–Crippen MR) is 107 cm³/mol. The molecule has 2 N–H and O–H groups in total. The minimum atomic E-state index is -0.252. The van der Waals surface area contributed by atoms with Crippen molar-refractivity contribution in [1.29, 1.82) is 0 Å². The largest absolute Gasteiger partial charge is 0.343 e. The van der Waals surface area contributed by atoms with Crippen molar-refractivity contribution in [3.05, 3.63) is 89.0 Å². The summed E-state index contributed by atoms with van der Waals surface area (Å²) in [7, 11) is 0. The number of benzene rings is 3. The Balaban J connectivity index is 1.38. The van der Waals surface area contributed by atoms with Crippen molar-refractivity contribution >= 4 is 17.5 Å². The molecule has 0 heterocycles. The van der Waals surface area contributed by atoms with Gasteiger partial charge in [0.05, 0.1) is 6.54 Å². The number of aryl methyl sites for hydroxylation is 1. The molecule has 27 heavy (non-hydrogen) atoms. The molecule has 2 amide bonds. The molecule has 1 aliphatic carbocycles. The maximum absolute atomic E-state index is 12.2. The standard InChI is InChI=1S/C23H20N2O2/c1-15-5-4-7-17(11-15)23(27)24-14-22(26)25-19-9-10-21-18(13-19)12-16-6-2-3-8-20(16)21/h2-11,13H,12,14H2,1H3,(H,24,27)(H,25,26). The molecule has 0 radical (unpaired) electrons. The molecule has 0 atom stereocenters. The molecular formula is C23H20N2O2. The highest BCUT2D eigenvalue weighted by molar-refractivity contribution is 5.99. The molecule has 0 aromatic heterocycles.